The van der Waals surface area contributed by atoms with E-state index in [1.54, 1.807) is 25.7 Å². The molecule has 0 aliphatic heterocycles. The van der Waals surface area contributed by atoms with Crippen molar-refractivity contribution in [2.24, 2.45) is 5.92 Å². The van der Waals surface area contributed by atoms with E-state index in [2.05, 4.69) is 17.6 Å². The number of unbranched alkanes of at least 4 members (excludes halogenated alkanes) is 5. The molecule has 0 saturated carbocycles. The molecule has 2 N–H and O–H groups in total. The van der Waals surface area contributed by atoms with Crippen LogP contribution in [0.5, 0.6) is 0 Å². The highest BCUT2D eigenvalue weighted by Gasteiger charge is 2.38. The van der Waals surface area contributed by atoms with Gasteiger partial charge in [-0.05, 0) is 95.0 Å². The summed E-state index contributed by atoms with van der Waals surface area (Å²) in [6.45, 7) is 19.9. The minimum absolute atomic E-state index is 0.122. The van der Waals surface area contributed by atoms with Crippen molar-refractivity contribution in [1.29, 1.82) is 0 Å². The maximum Gasteiger partial charge on any atom is 0.408 e. The molecule has 7 nitrogen and oxygen atoms in total. The second kappa shape index (κ2) is 17.2. The third-order valence-corrected chi connectivity index (χ3v) is 7.84. The summed E-state index contributed by atoms with van der Waals surface area (Å²) in [5.74, 6) is -0.418. The van der Waals surface area contributed by atoms with Crippen LogP contribution >= 0.6 is 0 Å². The number of rotatable bonds is 15. The number of aryl methyl sites for hydroxylation is 4. The number of para-hydroxylation sites is 1. The molecule has 244 valence electrons. The summed E-state index contributed by atoms with van der Waals surface area (Å²) in [4.78, 5) is 43.8. The van der Waals surface area contributed by atoms with E-state index in [9.17, 15) is 14.4 Å². The maximum atomic E-state index is 14.7. The molecule has 0 aliphatic rings. The molecule has 2 aromatic carbocycles. The topological polar surface area (TPSA) is 87.7 Å². The number of ether oxygens (including phenoxy) is 1. The third-order valence-electron chi connectivity index (χ3n) is 7.84. The number of anilines is 1. The van der Waals surface area contributed by atoms with Gasteiger partial charge in [-0.2, -0.15) is 0 Å². The van der Waals surface area contributed by atoms with Gasteiger partial charge in [0.1, 0.15) is 17.7 Å². The van der Waals surface area contributed by atoms with Gasteiger partial charge in [0.25, 0.3) is 5.91 Å². The Morgan fingerprint density at radius 1 is 0.818 bits per heavy atom. The summed E-state index contributed by atoms with van der Waals surface area (Å²) in [5, 5.41) is 6.05. The van der Waals surface area contributed by atoms with E-state index >= 15 is 0 Å². The summed E-state index contributed by atoms with van der Waals surface area (Å²) in [6.07, 6.45) is 6.05. The third kappa shape index (κ3) is 11.3. The molecule has 0 aromatic heterocycles. The lowest BCUT2D eigenvalue weighted by Gasteiger charge is -2.36. The number of hydrogen-bond donors (Lipinski definition) is 2. The van der Waals surface area contributed by atoms with Crippen LogP contribution in [0.1, 0.15) is 120 Å². The second-order valence-electron chi connectivity index (χ2n) is 13.6. The van der Waals surface area contributed by atoms with Gasteiger partial charge in [0.15, 0.2) is 0 Å². The molecule has 0 radical (unpaired) electrons. The smallest absolute Gasteiger partial charge is 0.408 e. The van der Waals surface area contributed by atoms with Crippen LogP contribution in [0.2, 0.25) is 0 Å². The Bertz CT molecular complexity index is 1210. The van der Waals surface area contributed by atoms with Crippen molar-refractivity contribution in [1.82, 2.24) is 10.2 Å². The number of alkyl carbamates (subject to hydrolysis) is 1. The first-order chi connectivity index (χ1) is 20.7. The van der Waals surface area contributed by atoms with Gasteiger partial charge in [-0.3, -0.25) is 9.59 Å². The van der Waals surface area contributed by atoms with E-state index < -0.39 is 23.8 Å². The molecule has 0 heterocycles. The van der Waals surface area contributed by atoms with Crippen LogP contribution in [0.25, 0.3) is 0 Å². The van der Waals surface area contributed by atoms with E-state index in [0.29, 0.717) is 13.0 Å². The fraction of sp³-hybridized carbons (Fsp3) is 0.595. The Morgan fingerprint density at radius 2 is 1.34 bits per heavy atom. The highest BCUT2D eigenvalue weighted by atomic mass is 16.6. The van der Waals surface area contributed by atoms with Crippen molar-refractivity contribution in [2.45, 2.75) is 132 Å². The average Bonchev–Trinajstić information content (AvgIpc) is 2.91. The lowest BCUT2D eigenvalue weighted by atomic mass is 9.92. The Hall–Kier alpha value is -3.35. The largest absolute Gasteiger partial charge is 0.444 e. The lowest BCUT2D eigenvalue weighted by molar-refractivity contribution is -0.141. The van der Waals surface area contributed by atoms with Crippen molar-refractivity contribution in [3.8, 4) is 0 Å². The van der Waals surface area contributed by atoms with Gasteiger partial charge in [-0.15, -0.1) is 0 Å². The van der Waals surface area contributed by atoms with Crippen LogP contribution < -0.4 is 10.6 Å². The predicted octanol–water partition coefficient (Wildman–Crippen LogP) is 8.73. The molecule has 2 unspecified atom stereocenters. The predicted molar refractivity (Wildman–Crippen MR) is 181 cm³/mol. The molecule has 0 spiro atoms. The first kappa shape index (κ1) is 36.8. The van der Waals surface area contributed by atoms with E-state index in [4.69, 9.17) is 4.74 Å². The van der Waals surface area contributed by atoms with Crippen LogP contribution in [0.4, 0.5) is 10.5 Å². The Kier molecular flexibility index (Phi) is 14.4. The van der Waals surface area contributed by atoms with Gasteiger partial charge < -0.3 is 20.3 Å². The van der Waals surface area contributed by atoms with Crippen molar-refractivity contribution in [2.75, 3.05) is 11.9 Å². The molecular formula is C37H57N3O4. The zero-order valence-electron chi connectivity index (χ0n) is 28.9. The number of carbonyl (C=O) groups is 3. The van der Waals surface area contributed by atoms with Crippen molar-refractivity contribution < 1.29 is 19.1 Å². The minimum Gasteiger partial charge on any atom is -0.444 e. The molecule has 0 aliphatic carbocycles. The zero-order valence-corrected chi connectivity index (χ0v) is 28.9. The molecule has 2 aromatic rings. The van der Waals surface area contributed by atoms with Crippen LogP contribution in [0.15, 0.2) is 36.4 Å². The number of nitrogens with zero attached hydrogens (tertiary/aromatic N) is 1. The monoisotopic (exact) mass is 607 g/mol. The molecule has 0 bridgehead atoms. The van der Waals surface area contributed by atoms with Crippen LogP contribution in [-0.4, -0.2) is 41.0 Å². The second-order valence-corrected chi connectivity index (χ2v) is 13.6. The fourth-order valence-corrected chi connectivity index (χ4v) is 5.66. The lowest BCUT2D eigenvalue weighted by Crippen LogP contribution is -2.53. The van der Waals surface area contributed by atoms with Crippen LogP contribution in [-0.2, 0) is 14.3 Å². The van der Waals surface area contributed by atoms with Crippen LogP contribution in [0, 0.1) is 33.6 Å². The summed E-state index contributed by atoms with van der Waals surface area (Å²) in [7, 11) is 0. The van der Waals surface area contributed by atoms with E-state index in [1.807, 2.05) is 77.9 Å². The van der Waals surface area contributed by atoms with Gasteiger partial charge in [0, 0.05) is 12.2 Å². The summed E-state index contributed by atoms with van der Waals surface area (Å²) < 4.78 is 5.55. The number of carbonyl (C=O) groups excluding carboxylic acids is 3. The van der Waals surface area contributed by atoms with E-state index in [-0.39, 0.29) is 17.7 Å². The Balaban J connectivity index is 2.63. The first-order valence-corrected chi connectivity index (χ1v) is 16.4. The summed E-state index contributed by atoms with van der Waals surface area (Å²) >= 11 is 0. The number of hydrogen-bond acceptors (Lipinski definition) is 4. The number of benzene rings is 2. The molecular weight excluding hydrogens is 550 g/mol. The number of nitrogens with one attached hydrogen (secondary N) is 2. The van der Waals surface area contributed by atoms with E-state index in [1.165, 1.54) is 6.42 Å². The molecule has 0 fully saturated rings. The standard InChI is InChI=1S/C37H57N3O4/c1-11-12-13-14-15-16-23-40(35(42)30(24-25(2)3)38-36(43)44-37(8,9)10)33(31-26(4)19-17-20-27(31)5)34(41)39-32-28(6)21-18-22-29(32)7/h17-22,25,30,33H,11-16,23-24H2,1-10H3,(H,38,43)(H,39,41). The number of amides is 3. The fourth-order valence-electron chi connectivity index (χ4n) is 5.66. The van der Waals surface area contributed by atoms with Gasteiger partial charge in [-0.1, -0.05) is 89.3 Å². The van der Waals surface area contributed by atoms with Crippen molar-refractivity contribution in [3.05, 3.63) is 64.2 Å². The van der Waals surface area contributed by atoms with E-state index in [0.717, 1.165) is 65.6 Å². The van der Waals surface area contributed by atoms with Crippen molar-refractivity contribution in [3.63, 3.8) is 0 Å². The molecule has 44 heavy (non-hydrogen) atoms. The van der Waals surface area contributed by atoms with Crippen molar-refractivity contribution >= 4 is 23.6 Å². The highest BCUT2D eigenvalue weighted by molar-refractivity contribution is 6.00. The molecule has 3 amide bonds. The maximum absolute atomic E-state index is 14.7. The molecule has 2 rings (SSSR count). The average molecular weight is 608 g/mol. The van der Waals surface area contributed by atoms with Crippen LogP contribution in [0.3, 0.4) is 0 Å². The van der Waals surface area contributed by atoms with Gasteiger partial charge in [-0.25, -0.2) is 4.79 Å². The first-order valence-electron chi connectivity index (χ1n) is 16.4. The summed E-state index contributed by atoms with van der Waals surface area (Å²) in [5.41, 5.74) is 4.65. The van der Waals surface area contributed by atoms with Gasteiger partial charge >= 0.3 is 6.09 Å². The molecule has 7 heteroatoms. The normalized spacial score (nSPS) is 12.9. The van der Waals surface area contributed by atoms with Gasteiger partial charge in [0.2, 0.25) is 5.91 Å². The molecule has 0 saturated heterocycles. The highest BCUT2D eigenvalue weighted by Crippen LogP contribution is 2.32. The van der Waals surface area contributed by atoms with Gasteiger partial charge in [0.05, 0.1) is 0 Å². The Morgan fingerprint density at radius 3 is 1.86 bits per heavy atom. The Labute approximate surface area is 266 Å². The molecule has 2 atom stereocenters. The SMILES string of the molecule is CCCCCCCCN(C(=O)C(CC(C)C)NC(=O)OC(C)(C)C)C(C(=O)Nc1c(C)cccc1C)c1c(C)cccc1C. The zero-order chi connectivity index (χ0) is 33.0. The summed E-state index contributed by atoms with van der Waals surface area (Å²) in [6, 6.07) is 10.1. The minimum atomic E-state index is -0.881. The quantitative estimate of drug-likeness (QED) is 0.198.